The van der Waals surface area contributed by atoms with E-state index >= 15 is 0 Å². The van der Waals surface area contributed by atoms with Crippen molar-refractivity contribution in [2.24, 2.45) is 0 Å². The first-order valence-corrected chi connectivity index (χ1v) is 11.7. The zero-order valence-electron chi connectivity index (χ0n) is 20.4. The Hall–Kier alpha value is -3.52. The van der Waals surface area contributed by atoms with Crippen LogP contribution in [0.5, 0.6) is 5.75 Å². The van der Waals surface area contributed by atoms with Crippen LogP contribution in [0.2, 0.25) is 5.02 Å². The van der Waals surface area contributed by atoms with Gasteiger partial charge in [0.25, 0.3) is 5.91 Å². The molecule has 0 aromatic heterocycles. The van der Waals surface area contributed by atoms with E-state index in [4.69, 9.17) is 16.3 Å². The highest BCUT2D eigenvalue weighted by atomic mass is 35.5. The Morgan fingerprint density at radius 3 is 2.60 bits per heavy atom. The summed E-state index contributed by atoms with van der Waals surface area (Å²) in [6.07, 6.45) is 2.54. The number of urea groups is 1. The molecule has 4 rings (SSSR count). The predicted molar refractivity (Wildman–Crippen MR) is 137 cm³/mol. The number of ether oxygens (including phenoxy) is 1. The standard InChI is InChI=1S/C26H29ClN4O4/c1-15-13-26(2,3)30(4)22-12-20(27)16(10-19(15)22)11-21-24(33)31(25(34)29-21)14-23(32)28-17-6-8-18(35-5)9-7-17/h6-12,15H,13-14H2,1-5H3,(H,28,32)(H,29,34)/b21-11+. The van der Waals surface area contributed by atoms with Gasteiger partial charge in [0.2, 0.25) is 5.91 Å². The summed E-state index contributed by atoms with van der Waals surface area (Å²) < 4.78 is 5.09. The first-order valence-electron chi connectivity index (χ1n) is 11.4. The lowest BCUT2D eigenvalue weighted by atomic mass is 9.80. The summed E-state index contributed by atoms with van der Waals surface area (Å²) in [7, 11) is 3.60. The summed E-state index contributed by atoms with van der Waals surface area (Å²) in [6, 6.07) is 9.96. The van der Waals surface area contributed by atoms with Crippen LogP contribution in [0.4, 0.5) is 16.2 Å². The molecule has 2 aliphatic rings. The molecule has 1 fully saturated rings. The summed E-state index contributed by atoms with van der Waals surface area (Å²) in [5, 5.41) is 5.71. The molecular formula is C26H29ClN4O4. The highest BCUT2D eigenvalue weighted by Crippen LogP contribution is 2.44. The number of hydrogen-bond donors (Lipinski definition) is 2. The molecular weight excluding hydrogens is 468 g/mol. The smallest absolute Gasteiger partial charge is 0.329 e. The number of nitrogens with one attached hydrogen (secondary N) is 2. The summed E-state index contributed by atoms with van der Waals surface area (Å²) >= 11 is 6.58. The van der Waals surface area contributed by atoms with Crippen LogP contribution in [0, 0.1) is 0 Å². The van der Waals surface area contributed by atoms with Crippen molar-refractivity contribution in [3.05, 3.63) is 58.2 Å². The maximum Gasteiger partial charge on any atom is 0.329 e. The second kappa shape index (κ2) is 9.26. The third-order valence-corrected chi connectivity index (χ3v) is 7.02. The van der Waals surface area contributed by atoms with E-state index in [0.29, 0.717) is 27.9 Å². The van der Waals surface area contributed by atoms with Gasteiger partial charge >= 0.3 is 6.03 Å². The zero-order chi connectivity index (χ0) is 25.5. The average molecular weight is 497 g/mol. The van der Waals surface area contributed by atoms with Crippen LogP contribution in [-0.2, 0) is 9.59 Å². The molecule has 0 aliphatic carbocycles. The van der Waals surface area contributed by atoms with Crippen molar-refractivity contribution in [2.75, 3.05) is 30.9 Å². The summed E-state index contributed by atoms with van der Waals surface area (Å²) in [5.74, 6) is -0.124. The van der Waals surface area contributed by atoms with Crippen LogP contribution in [0.3, 0.4) is 0 Å². The Labute approximate surface area is 209 Å². The third kappa shape index (κ3) is 4.84. The van der Waals surface area contributed by atoms with Crippen molar-refractivity contribution >= 4 is 46.9 Å². The first-order chi connectivity index (χ1) is 16.5. The molecule has 2 N–H and O–H groups in total. The Bertz CT molecular complexity index is 1220. The first kappa shape index (κ1) is 24.6. The summed E-state index contributed by atoms with van der Waals surface area (Å²) in [4.78, 5) is 40.9. The van der Waals surface area contributed by atoms with Gasteiger partial charge in [-0.25, -0.2) is 9.69 Å². The molecule has 8 nitrogen and oxygen atoms in total. The number of hydrogen-bond acceptors (Lipinski definition) is 5. The van der Waals surface area contributed by atoms with Gasteiger partial charge in [-0.2, -0.15) is 0 Å². The van der Waals surface area contributed by atoms with Crippen molar-refractivity contribution in [2.45, 2.75) is 38.6 Å². The number of benzene rings is 2. The van der Waals surface area contributed by atoms with E-state index in [2.05, 4.69) is 43.4 Å². The summed E-state index contributed by atoms with van der Waals surface area (Å²) in [6.45, 7) is 6.15. The van der Waals surface area contributed by atoms with Gasteiger partial charge in [-0.3, -0.25) is 9.59 Å². The molecule has 2 heterocycles. The summed E-state index contributed by atoms with van der Waals surface area (Å²) in [5.41, 5.74) is 3.43. The number of anilines is 2. The second-order valence-corrected chi connectivity index (χ2v) is 9.97. The minimum Gasteiger partial charge on any atom is -0.497 e. The zero-order valence-corrected chi connectivity index (χ0v) is 21.2. The van der Waals surface area contributed by atoms with Crippen LogP contribution in [0.1, 0.15) is 44.2 Å². The fraction of sp³-hybridized carbons (Fsp3) is 0.346. The number of carbonyl (C=O) groups is 3. The molecule has 0 radical (unpaired) electrons. The molecule has 9 heteroatoms. The number of imide groups is 1. The third-order valence-electron chi connectivity index (χ3n) is 6.69. The maximum absolute atomic E-state index is 12.9. The maximum atomic E-state index is 12.9. The molecule has 0 spiro atoms. The Kier molecular flexibility index (Phi) is 6.51. The van der Waals surface area contributed by atoms with E-state index in [0.717, 1.165) is 22.6 Å². The highest BCUT2D eigenvalue weighted by Gasteiger charge is 2.37. The van der Waals surface area contributed by atoms with Crippen molar-refractivity contribution in [3.63, 3.8) is 0 Å². The number of carbonyl (C=O) groups excluding carboxylic acids is 3. The SMILES string of the molecule is COc1ccc(NC(=O)CN2C(=O)N/C(=C/c3cc4c(cc3Cl)N(C)C(C)(C)CC4C)C2=O)cc1. The van der Waals surface area contributed by atoms with Crippen molar-refractivity contribution in [1.29, 1.82) is 0 Å². The van der Waals surface area contributed by atoms with Crippen LogP contribution in [0.15, 0.2) is 42.1 Å². The molecule has 2 aromatic rings. The molecule has 1 saturated heterocycles. The Morgan fingerprint density at radius 1 is 1.26 bits per heavy atom. The molecule has 1 unspecified atom stereocenters. The van der Waals surface area contributed by atoms with E-state index in [9.17, 15) is 14.4 Å². The molecule has 2 aliphatic heterocycles. The van der Waals surface area contributed by atoms with Gasteiger partial charge in [-0.1, -0.05) is 18.5 Å². The van der Waals surface area contributed by atoms with Gasteiger partial charge in [0.15, 0.2) is 0 Å². The minimum atomic E-state index is -0.657. The Balaban J connectivity index is 1.52. The lowest BCUT2D eigenvalue weighted by Crippen LogP contribution is -2.45. The van der Waals surface area contributed by atoms with Crippen LogP contribution < -0.4 is 20.3 Å². The Morgan fingerprint density at radius 2 is 1.94 bits per heavy atom. The second-order valence-electron chi connectivity index (χ2n) is 9.57. The van der Waals surface area contributed by atoms with Gasteiger partial charge in [0.1, 0.15) is 18.0 Å². The van der Waals surface area contributed by atoms with Gasteiger partial charge in [-0.15, -0.1) is 0 Å². The van der Waals surface area contributed by atoms with E-state index in [1.165, 1.54) is 0 Å². The van der Waals surface area contributed by atoms with Gasteiger partial charge in [0.05, 0.1) is 7.11 Å². The molecule has 1 atom stereocenters. The molecule has 4 amide bonds. The molecule has 184 valence electrons. The molecule has 0 bridgehead atoms. The van der Waals surface area contributed by atoms with Crippen molar-refractivity contribution in [1.82, 2.24) is 10.2 Å². The lowest BCUT2D eigenvalue weighted by molar-refractivity contribution is -0.127. The molecule has 0 saturated carbocycles. The number of methoxy groups -OCH3 is 1. The quantitative estimate of drug-likeness (QED) is 0.466. The van der Waals surface area contributed by atoms with E-state index in [1.54, 1.807) is 37.5 Å². The number of fused-ring (bicyclic) bond motifs is 1. The number of rotatable bonds is 5. The normalized spacial score (nSPS) is 20.1. The van der Waals surface area contributed by atoms with Crippen LogP contribution in [0.25, 0.3) is 6.08 Å². The fourth-order valence-corrected chi connectivity index (χ4v) is 4.82. The van der Waals surface area contributed by atoms with E-state index in [1.807, 2.05) is 12.1 Å². The monoisotopic (exact) mass is 496 g/mol. The average Bonchev–Trinajstić information content (AvgIpc) is 3.06. The predicted octanol–water partition coefficient (Wildman–Crippen LogP) is 4.60. The fourth-order valence-electron chi connectivity index (χ4n) is 4.60. The number of halogens is 1. The van der Waals surface area contributed by atoms with Gasteiger partial charge in [-0.05, 0) is 79.8 Å². The van der Waals surface area contributed by atoms with Crippen LogP contribution >= 0.6 is 11.6 Å². The van der Waals surface area contributed by atoms with Gasteiger partial charge in [0, 0.05) is 29.0 Å². The number of nitrogens with zero attached hydrogens (tertiary/aromatic N) is 2. The minimum absolute atomic E-state index is 0.00197. The molecule has 35 heavy (non-hydrogen) atoms. The highest BCUT2D eigenvalue weighted by molar-refractivity contribution is 6.32. The van der Waals surface area contributed by atoms with Crippen LogP contribution in [-0.4, -0.2) is 49.0 Å². The van der Waals surface area contributed by atoms with E-state index in [-0.39, 0.29) is 11.2 Å². The topological polar surface area (TPSA) is 91.0 Å². The molecule has 2 aromatic carbocycles. The lowest BCUT2D eigenvalue weighted by Gasteiger charge is -2.45. The number of amides is 4. The largest absolute Gasteiger partial charge is 0.497 e. The van der Waals surface area contributed by atoms with Crippen molar-refractivity contribution in [3.8, 4) is 5.75 Å². The van der Waals surface area contributed by atoms with Gasteiger partial charge < -0.3 is 20.3 Å². The van der Waals surface area contributed by atoms with Crippen molar-refractivity contribution < 1.29 is 19.1 Å². The van der Waals surface area contributed by atoms with E-state index < -0.39 is 24.4 Å².